The van der Waals surface area contributed by atoms with Gasteiger partial charge in [0.1, 0.15) is 0 Å². The Kier molecular flexibility index (Phi) is 1.87. The van der Waals surface area contributed by atoms with Gasteiger partial charge in [0.25, 0.3) is 0 Å². The second-order valence-electron chi connectivity index (χ2n) is 4.58. The largest absolute Gasteiger partial charge is 0.0623 e. The lowest BCUT2D eigenvalue weighted by molar-refractivity contribution is 0.287. The van der Waals surface area contributed by atoms with Gasteiger partial charge in [-0.1, -0.05) is 45.4 Å². The van der Waals surface area contributed by atoms with Gasteiger partial charge in [-0.3, -0.25) is 0 Å². The minimum atomic E-state index is 0.535. The van der Waals surface area contributed by atoms with Crippen molar-refractivity contribution < 1.29 is 0 Å². The Morgan fingerprint density at radius 1 is 1.09 bits per heavy atom. The Morgan fingerprint density at radius 2 is 1.73 bits per heavy atom. The highest BCUT2D eigenvalue weighted by molar-refractivity contribution is 6.15. The fourth-order valence-corrected chi connectivity index (χ4v) is 3.17. The Bertz CT molecular complexity index is 142. The normalized spacial score (nSPS) is 50.7. The zero-order valence-corrected chi connectivity index (χ0v) is 8.40. The van der Waals surface area contributed by atoms with Crippen LogP contribution in [-0.2, 0) is 0 Å². The quantitative estimate of drug-likeness (QED) is 0.484. The number of fused-ring (bicyclic) bond motifs is 4. The molecule has 0 aliphatic heterocycles. The summed E-state index contributed by atoms with van der Waals surface area (Å²) in [6.45, 7) is 2.42. The highest BCUT2D eigenvalue weighted by atomic mass is 28.1. The van der Waals surface area contributed by atoms with Crippen LogP contribution < -0.4 is 0 Å². The summed E-state index contributed by atoms with van der Waals surface area (Å²) >= 11 is 0. The molecule has 0 spiro atoms. The van der Waals surface area contributed by atoms with E-state index in [1.54, 1.807) is 0 Å². The monoisotopic (exact) mass is 165 g/mol. The Hall–Kier alpha value is 0.217. The SMILES string of the molecule is CC1CCC2CCC1([Si])CC2. The van der Waals surface area contributed by atoms with E-state index in [1.807, 2.05) is 0 Å². The van der Waals surface area contributed by atoms with Gasteiger partial charge >= 0.3 is 0 Å². The molecule has 0 amide bonds. The summed E-state index contributed by atoms with van der Waals surface area (Å²) in [5, 5.41) is 0.535. The van der Waals surface area contributed by atoms with Crippen LogP contribution in [0, 0.1) is 11.8 Å². The molecule has 61 valence electrons. The molecule has 2 bridgehead atoms. The van der Waals surface area contributed by atoms with Gasteiger partial charge in [-0.15, -0.1) is 0 Å². The third-order valence-corrected chi connectivity index (χ3v) is 4.94. The van der Waals surface area contributed by atoms with Crippen LogP contribution in [-0.4, -0.2) is 10.2 Å². The zero-order valence-electron chi connectivity index (χ0n) is 7.40. The van der Waals surface area contributed by atoms with Crippen molar-refractivity contribution in [1.29, 1.82) is 0 Å². The number of hydrogen-bond donors (Lipinski definition) is 0. The first-order valence-corrected chi connectivity index (χ1v) is 5.46. The standard InChI is InChI=1S/C10H17Si/c1-8-2-3-9-4-6-10(8,11)7-5-9/h8-9H,2-7H2,1H3. The molecule has 1 unspecified atom stereocenters. The summed E-state index contributed by atoms with van der Waals surface area (Å²) in [4.78, 5) is 0. The summed E-state index contributed by atoms with van der Waals surface area (Å²) in [7, 11) is 4.00. The molecule has 0 saturated heterocycles. The average Bonchev–Trinajstić information content (AvgIpc) is 2.22. The molecule has 3 aliphatic carbocycles. The third kappa shape index (κ3) is 1.28. The predicted octanol–water partition coefficient (Wildman–Crippen LogP) is 2.93. The molecule has 0 heterocycles. The highest BCUT2D eigenvalue weighted by Gasteiger charge is 2.38. The van der Waals surface area contributed by atoms with Gasteiger partial charge in [-0.2, -0.15) is 0 Å². The van der Waals surface area contributed by atoms with Gasteiger partial charge < -0.3 is 0 Å². The van der Waals surface area contributed by atoms with E-state index in [0.717, 1.165) is 11.8 Å². The maximum absolute atomic E-state index is 4.00. The second kappa shape index (κ2) is 2.62. The second-order valence-corrected chi connectivity index (χ2v) is 5.57. The van der Waals surface area contributed by atoms with Gasteiger partial charge in [-0.25, -0.2) is 0 Å². The Balaban J connectivity index is 2.18. The predicted molar refractivity (Wildman–Crippen MR) is 48.8 cm³/mol. The van der Waals surface area contributed by atoms with Crippen LogP contribution in [0.25, 0.3) is 0 Å². The molecule has 0 aromatic carbocycles. The molecule has 3 radical (unpaired) electrons. The van der Waals surface area contributed by atoms with Crippen LogP contribution in [0.15, 0.2) is 0 Å². The lowest BCUT2D eigenvalue weighted by Crippen LogP contribution is -2.23. The maximum Gasteiger partial charge on any atom is 0.0317 e. The summed E-state index contributed by atoms with van der Waals surface area (Å²) < 4.78 is 0. The number of rotatable bonds is 0. The van der Waals surface area contributed by atoms with Crippen LogP contribution in [0.1, 0.15) is 45.4 Å². The van der Waals surface area contributed by atoms with Crippen molar-refractivity contribution >= 4 is 10.2 Å². The molecule has 0 aromatic heterocycles. The molecule has 1 heteroatoms. The van der Waals surface area contributed by atoms with Crippen molar-refractivity contribution in [3.05, 3.63) is 0 Å². The smallest absolute Gasteiger partial charge is 0.0317 e. The van der Waals surface area contributed by atoms with E-state index in [9.17, 15) is 0 Å². The number of hydrogen-bond acceptors (Lipinski definition) is 0. The van der Waals surface area contributed by atoms with E-state index >= 15 is 0 Å². The first-order valence-electron chi connectivity index (χ1n) is 4.96. The third-order valence-electron chi connectivity index (χ3n) is 3.95. The van der Waals surface area contributed by atoms with Gasteiger partial charge in [0.15, 0.2) is 0 Å². The molecule has 0 aromatic rings. The minimum absolute atomic E-state index is 0.535. The summed E-state index contributed by atoms with van der Waals surface area (Å²) in [5.41, 5.74) is 0. The van der Waals surface area contributed by atoms with Crippen LogP contribution in [0.3, 0.4) is 0 Å². The zero-order chi connectivity index (χ0) is 7.90. The molecule has 0 N–H and O–H groups in total. The van der Waals surface area contributed by atoms with E-state index in [1.165, 1.54) is 38.5 Å². The molecular formula is C10H17Si. The molecule has 3 rings (SSSR count). The minimum Gasteiger partial charge on any atom is -0.0623 e. The van der Waals surface area contributed by atoms with Crippen molar-refractivity contribution in [2.24, 2.45) is 11.8 Å². The van der Waals surface area contributed by atoms with Crippen LogP contribution in [0.4, 0.5) is 0 Å². The van der Waals surface area contributed by atoms with Crippen molar-refractivity contribution in [2.75, 3.05) is 0 Å². The van der Waals surface area contributed by atoms with Crippen LogP contribution >= 0.6 is 0 Å². The molecule has 0 nitrogen and oxygen atoms in total. The highest BCUT2D eigenvalue weighted by Crippen LogP contribution is 2.53. The van der Waals surface area contributed by atoms with Crippen molar-refractivity contribution in [3.8, 4) is 0 Å². The Labute approximate surface area is 73.2 Å². The molecular weight excluding hydrogens is 148 g/mol. The van der Waals surface area contributed by atoms with E-state index in [2.05, 4.69) is 17.2 Å². The van der Waals surface area contributed by atoms with E-state index in [0.29, 0.717) is 5.04 Å². The fourth-order valence-electron chi connectivity index (χ4n) is 2.74. The van der Waals surface area contributed by atoms with Crippen LogP contribution in [0.5, 0.6) is 0 Å². The molecule has 3 saturated carbocycles. The van der Waals surface area contributed by atoms with Crippen molar-refractivity contribution in [2.45, 2.75) is 50.5 Å². The maximum atomic E-state index is 4.00. The topological polar surface area (TPSA) is 0 Å². The molecule has 11 heavy (non-hydrogen) atoms. The summed E-state index contributed by atoms with van der Waals surface area (Å²) in [5.74, 6) is 1.98. The average molecular weight is 165 g/mol. The van der Waals surface area contributed by atoms with E-state index in [4.69, 9.17) is 0 Å². The van der Waals surface area contributed by atoms with E-state index in [-0.39, 0.29) is 0 Å². The van der Waals surface area contributed by atoms with Crippen molar-refractivity contribution in [1.82, 2.24) is 0 Å². The molecule has 3 fully saturated rings. The van der Waals surface area contributed by atoms with Gasteiger partial charge in [0.2, 0.25) is 0 Å². The molecule has 1 atom stereocenters. The molecule has 3 aliphatic rings. The van der Waals surface area contributed by atoms with Gasteiger partial charge in [-0.05, 0) is 16.9 Å². The van der Waals surface area contributed by atoms with Crippen LogP contribution in [0.2, 0.25) is 5.04 Å². The summed E-state index contributed by atoms with van der Waals surface area (Å²) in [6.07, 6.45) is 8.76. The van der Waals surface area contributed by atoms with Gasteiger partial charge in [0, 0.05) is 10.2 Å². The fraction of sp³-hybridized carbons (Fsp3) is 1.00. The van der Waals surface area contributed by atoms with Gasteiger partial charge in [0.05, 0.1) is 0 Å². The van der Waals surface area contributed by atoms with Crippen molar-refractivity contribution in [3.63, 3.8) is 0 Å². The van der Waals surface area contributed by atoms with E-state index < -0.39 is 0 Å². The lowest BCUT2D eigenvalue weighted by atomic mass is 9.80. The first kappa shape index (κ1) is 7.84. The summed E-state index contributed by atoms with van der Waals surface area (Å²) in [6, 6.07) is 0. The Morgan fingerprint density at radius 3 is 2.36 bits per heavy atom. The first-order chi connectivity index (χ1) is 5.21. The lowest BCUT2D eigenvalue weighted by Gasteiger charge is -2.37.